The van der Waals surface area contributed by atoms with Gasteiger partial charge in [-0.2, -0.15) is 5.10 Å². The predicted molar refractivity (Wildman–Crippen MR) is 86.2 cm³/mol. The lowest BCUT2D eigenvalue weighted by atomic mass is 9.94. The van der Waals surface area contributed by atoms with Gasteiger partial charge in [0.05, 0.1) is 12.0 Å². The molecule has 0 radical (unpaired) electrons. The fourth-order valence-corrected chi connectivity index (χ4v) is 3.61. The minimum atomic E-state index is -0.0683. The summed E-state index contributed by atoms with van der Waals surface area (Å²) in [5, 5.41) is 4.33. The summed E-state index contributed by atoms with van der Waals surface area (Å²) in [5.74, 6) is 1.07. The van der Waals surface area contributed by atoms with Crippen molar-refractivity contribution in [3.05, 3.63) is 48.3 Å². The van der Waals surface area contributed by atoms with Gasteiger partial charge in [-0.25, -0.2) is 0 Å². The zero-order chi connectivity index (χ0) is 15.6. The van der Waals surface area contributed by atoms with Crippen molar-refractivity contribution >= 4 is 5.91 Å². The monoisotopic (exact) mass is 311 g/mol. The fraction of sp³-hybridized carbons (Fsp3) is 0.444. The number of carbonyl (C=O) groups excluding carboxylic acids is 1. The maximum absolute atomic E-state index is 12.9. The van der Waals surface area contributed by atoms with Crippen molar-refractivity contribution in [2.75, 3.05) is 19.7 Å². The van der Waals surface area contributed by atoms with Crippen LogP contribution in [0.2, 0.25) is 0 Å². The molecule has 5 nitrogen and oxygen atoms in total. The van der Waals surface area contributed by atoms with Gasteiger partial charge in [0.1, 0.15) is 12.4 Å². The van der Waals surface area contributed by atoms with Crippen LogP contribution in [0.3, 0.4) is 0 Å². The van der Waals surface area contributed by atoms with Gasteiger partial charge in [-0.3, -0.25) is 9.48 Å². The first kappa shape index (κ1) is 14.3. The first-order valence-corrected chi connectivity index (χ1v) is 8.30. The topological polar surface area (TPSA) is 47.4 Å². The van der Waals surface area contributed by atoms with Crippen LogP contribution in [-0.2, 0) is 11.2 Å². The number of likely N-dealkylation sites (tertiary alicyclic amines) is 1. The molecule has 120 valence electrons. The Morgan fingerprint density at radius 2 is 2.17 bits per heavy atom. The number of piperidine rings is 1. The molecule has 4 rings (SSSR count). The third kappa shape index (κ3) is 2.83. The van der Waals surface area contributed by atoms with E-state index in [1.54, 1.807) is 6.20 Å². The van der Waals surface area contributed by atoms with Crippen LogP contribution >= 0.6 is 0 Å². The van der Waals surface area contributed by atoms with Gasteiger partial charge in [0.25, 0.3) is 0 Å². The Morgan fingerprint density at radius 1 is 1.26 bits per heavy atom. The van der Waals surface area contributed by atoms with E-state index in [2.05, 4.69) is 11.2 Å². The second kappa shape index (κ2) is 6.07. The Morgan fingerprint density at radius 3 is 3.04 bits per heavy atom. The van der Waals surface area contributed by atoms with Gasteiger partial charge in [0.2, 0.25) is 5.91 Å². The van der Waals surface area contributed by atoms with Crippen molar-refractivity contribution < 1.29 is 9.53 Å². The lowest BCUT2D eigenvalue weighted by Crippen LogP contribution is -2.46. The number of ether oxygens (including phenoxy) is 1. The largest absolute Gasteiger partial charge is 0.492 e. The van der Waals surface area contributed by atoms with Crippen molar-refractivity contribution in [1.82, 2.24) is 14.7 Å². The molecule has 2 atom stereocenters. The number of hydrogen-bond donors (Lipinski definition) is 0. The van der Waals surface area contributed by atoms with Crippen molar-refractivity contribution in [2.45, 2.75) is 25.3 Å². The molecule has 2 aliphatic rings. The van der Waals surface area contributed by atoms with E-state index >= 15 is 0 Å². The van der Waals surface area contributed by atoms with Gasteiger partial charge in [-0.05, 0) is 37.0 Å². The van der Waals surface area contributed by atoms with E-state index in [0.29, 0.717) is 12.6 Å². The highest BCUT2D eigenvalue weighted by atomic mass is 16.5. The minimum Gasteiger partial charge on any atom is -0.492 e. The average Bonchev–Trinajstić information content (AvgIpc) is 3.15. The molecule has 2 aromatic rings. The molecule has 0 saturated carbocycles. The van der Waals surface area contributed by atoms with Crippen LogP contribution in [0.4, 0.5) is 0 Å². The Labute approximate surface area is 135 Å². The normalized spacial score (nSPS) is 23.9. The maximum atomic E-state index is 12.9. The quantitative estimate of drug-likeness (QED) is 0.855. The van der Waals surface area contributed by atoms with Crippen molar-refractivity contribution in [2.24, 2.45) is 5.92 Å². The summed E-state index contributed by atoms with van der Waals surface area (Å²) in [6.07, 6.45) is 6.67. The van der Waals surface area contributed by atoms with E-state index < -0.39 is 0 Å². The highest BCUT2D eigenvalue weighted by Gasteiger charge is 2.32. The first-order chi connectivity index (χ1) is 11.3. The lowest BCUT2D eigenvalue weighted by molar-refractivity contribution is -0.138. The molecule has 0 aliphatic carbocycles. The summed E-state index contributed by atoms with van der Waals surface area (Å²) >= 11 is 0. The number of nitrogens with zero attached hydrogens (tertiary/aromatic N) is 3. The average molecular weight is 311 g/mol. The molecule has 5 heteroatoms. The molecule has 1 fully saturated rings. The van der Waals surface area contributed by atoms with Crippen LogP contribution in [0, 0.1) is 5.92 Å². The van der Waals surface area contributed by atoms with Crippen molar-refractivity contribution in [3.8, 4) is 5.75 Å². The number of para-hydroxylation sites is 1. The Hall–Kier alpha value is -2.30. The Kier molecular flexibility index (Phi) is 3.77. The molecule has 2 aliphatic heterocycles. The zero-order valence-electron chi connectivity index (χ0n) is 13.1. The molecule has 2 unspecified atom stereocenters. The van der Waals surface area contributed by atoms with E-state index in [4.69, 9.17) is 4.74 Å². The van der Waals surface area contributed by atoms with E-state index in [-0.39, 0.29) is 11.8 Å². The van der Waals surface area contributed by atoms with Crippen LogP contribution in [0.25, 0.3) is 0 Å². The van der Waals surface area contributed by atoms with Crippen LogP contribution in [0.1, 0.15) is 24.4 Å². The summed E-state index contributed by atoms with van der Waals surface area (Å²) in [4.78, 5) is 14.9. The number of amides is 1. The number of hydrogen-bond acceptors (Lipinski definition) is 3. The van der Waals surface area contributed by atoms with Gasteiger partial charge in [0.15, 0.2) is 0 Å². The molecule has 1 saturated heterocycles. The second-order valence-corrected chi connectivity index (χ2v) is 6.39. The van der Waals surface area contributed by atoms with Crippen LogP contribution < -0.4 is 4.74 Å². The zero-order valence-corrected chi connectivity index (χ0v) is 13.1. The second-order valence-electron chi connectivity index (χ2n) is 6.39. The van der Waals surface area contributed by atoms with Gasteiger partial charge in [-0.1, -0.05) is 18.2 Å². The van der Waals surface area contributed by atoms with Crippen molar-refractivity contribution in [1.29, 1.82) is 0 Å². The smallest absolute Gasteiger partial charge is 0.229 e. The SMILES string of the molecule is O=C(C1COc2ccccc2C1)N1CCCC(n2cccn2)C1. The molecule has 0 spiro atoms. The summed E-state index contributed by atoms with van der Waals surface area (Å²) < 4.78 is 7.76. The highest BCUT2D eigenvalue weighted by molar-refractivity contribution is 5.80. The molecule has 3 heterocycles. The van der Waals surface area contributed by atoms with E-state index in [9.17, 15) is 4.79 Å². The van der Waals surface area contributed by atoms with Gasteiger partial charge in [0, 0.05) is 25.5 Å². The molecular weight excluding hydrogens is 290 g/mol. The predicted octanol–water partition coefficient (Wildman–Crippen LogP) is 2.30. The molecule has 1 aromatic heterocycles. The molecule has 1 amide bonds. The minimum absolute atomic E-state index is 0.0683. The maximum Gasteiger partial charge on any atom is 0.229 e. The number of aromatic nitrogens is 2. The number of fused-ring (bicyclic) bond motifs is 1. The molecule has 0 N–H and O–H groups in total. The van der Waals surface area contributed by atoms with Crippen LogP contribution in [0.5, 0.6) is 5.75 Å². The Balaban J connectivity index is 1.45. The van der Waals surface area contributed by atoms with E-state index in [1.807, 2.05) is 40.0 Å². The number of benzene rings is 1. The summed E-state index contributed by atoms with van der Waals surface area (Å²) in [6.45, 7) is 2.08. The molecular formula is C18H21N3O2. The molecule has 1 aromatic carbocycles. The van der Waals surface area contributed by atoms with Gasteiger partial charge < -0.3 is 9.64 Å². The van der Waals surface area contributed by atoms with Crippen LogP contribution in [-0.4, -0.2) is 40.3 Å². The van der Waals surface area contributed by atoms with Crippen LogP contribution in [0.15, 0.2) is 42.7 Å². The van der Waals surface area contributed by atoms with E-state index in [1.165, 1.54) is 0 Å². The number of carbonyl (C=O) groups is 1. The van der Waals surface area contributed by atoms with Gasteiger partial charge >= 0.3 is 0 Å². The summed E-state index contributed by atoms with van der Waals surface area (Å²) in [5.41, 5.74) is 1.14. The highest BCUT2D eigenvalue weighted by Crippen LogP contribution is 2.29. The van der Waals surface area contributed by atoms with Crippen molar-refractivity contribution in [3.63, 3.8) is 0 Å². The third-order valence-electron chi connectivity index (χ3n) is 4.84. The first-order valence-electron chi connectivity index (χ1n) is 8.30. The standard InChI is InChI=1S/C18H21N3O2/c22-18(15-11-14-5-1-2-7-17(14)23-13-15)20-9-3-6-16(12-20)21-10-4-8-19-21/h1-2,4-5,7-8,10,15-16H,3,6,9,11-13H2. The molecule has 0 bridgehead atoms. The van der Waals surface area contributed by atoms with Gasteiger partial charge in [-0.15, -0.1) is 0 Å². The fourth-order valence-electron chi connectivity index (χ4n) is 3.61. The van der Waals surface area contributed by atoms with E-state index in [0.717, 1.165) is 43.7 Å². The summed E-state index contributed by atoms with van der Waals surface area (Å²) in [7, 11) is 0. The summed E-state index contributed by atoms with van der Waals surface area (Å²) in [6, 6.07) is 10.2. The Bertz CT molecular complexity index is 683. The number of rotatable bonds is 2. The third-order valence-corrected chi connectivity index (χ3v) is 4.84. The lowest BCUT2D eigenvalue weighted by Gasteiger charge is -2.36. The molecule has 23 heavy (non-hydrogen) atoms.